The van der Waals surface area contributed by atoms with E-state index in [0.717, 1.165) is 12.1 Å². The topological polar surface area (TPSA) is 44.3 Å². The Balaban J connectivity index is 2.09. The largest absolute Gasteiger partial charge is 0.449 e. The molecule has 5 nitrogen and oxygen atoms in total. The van der Waals surface area contributed by atoms with Gasteiger partial charge in [-0.2, -0.15) is 5.01 Å². The maximum absolute atomic E-state index is 11.7. The molecule has 1 fully saturated rings. The Hall–Kier alpha value is -1.59. The molecule has 0 spiro atoms. The molecule has 0 aliphatic carbocycles. The standard InChI is InChI=1S/C12H17N3O2/c1-3-13-15-11(10-8-6-5-7-9-10)14(15)12(16)17-4-2/h5-9,11,13H,3-4H2,1-2H3/t11-,14?,15?/m1/s1. The summed E-state index contributed by atoms with van der Waals surface area (Å²) in [5.74, 6) is 0. The number of nitrogens with zero attached hydrogens (tertiary/aromatic N) is 2. The van der Waals surface area contributed by atoms with E-state index in [-0.39, 0.29) is 12.3 Å². The van der Waals surface area contributed by atoms with Crippen molar-refractivity contribution >= 4 is 6.09 Å². The van der Waals surface area contributed by atoms with Crippen LogP contribution in [0.5, 0.6) is 0 Å². The van der Waals surface area contributed by atoms with E-state index in [4.69, 9.17) is 4.74 Å². The maximum atomic E-state index is 11.7. The first-order chi connectivity index (χ1) is 8.29. The Morgan fingerprint density at radius 1 is 1.35 bits per heavy atom. The molecule has 1 aliphatic rings. The molecule has 1 unspecified atom stereocenters. The molecular weight excluding hydrogens is 218 g/mol. The highest BCUT2D eigenvalue weighted by Crippen LogP contribution is 2.39. The molecule has 2 rings (SSSR count). The Labute approximate surface area is 101 Å². The van der Waals surface area contributed by atoms with Crippen LogP contribution in [0, 0.1) is 0 Å². The van der Waals surface area contributed by atoms with Gasteiger partial charge in [0.25, 0.3) is 0 Å². The molecule has 1 amide bonds. The Kier molecular flexibility index (Phi) is 3.61. The molecule has 2 atom stereocenters. The van der Waals surface area contributed by atoms with Crippen molar-refractivity contribution in [3.63, 3.8) is 0 Å². The van der Waals surface area contributed by atoms with Crippen LogP contribution in [-0.2, 0) is 4.74 Å². The Morgan fingerprint density at radius 2 is 2.06 bits per heavy atom. The zero-order valence-corrected chi connectivity index (χ0v) is 10.1. The van der Waals surface area contributed by atoms with Gasteiger partial charge in [0.2, 0.25) is 0 Å². The predicted molar refractivity (Wildman–Crippen MR) is 63.6 cm³/mol. The second-order valence-electron chi connectivity index (χ2n) is 3.68. The second-order valence-corrected chi connectivity index (χ2v) is 3.68. The molecule has 0 aromatic heterocycles. The lowest BCUT2D eigenvalue weighted by Gasteiger charge is -2.03. The van der Waals surface area contributed by atoms with Crippen molar-refractivity contribution < 1.29 is 9.53 Å². The van der Waals surface area contributed by atoms with Gasteiger partial charge in [0, 0.05) is 6.54 Å². The van der Waals surface area contributed by atoms with Crippen molar-refractivity contribution in [1.29, 1.82) is 0 Å². The molecule has 1 aliphatic heterocycles. The lowest BCUT2D eigenvalue weighted by Crippen LogP contribution is -2.27. The normalized spacial score (nSPS) is 22.4. The molecule has 17 heavy (non-hydrogen) atoms. The molecular formula is C12H17N3O2. The van der Waals surface area contributed by atoms with Crippen LogP contribution in [0.1, 0.15) is 25.6 Å². The first-order valence-electron chi connectivity index (χ1n) is 5.83. The van der Waals surface area contributed by atoms with Crippen molar-refractivity contribution in [3.05, 3.63) is 35.9 Å². The number of benzene rings is 1. The van der Waals surface area contributed by atoms with E-state index < -0.39 is 0 Å². The summed E-state index contributed by atoms with van der Waals surface area (Å²) in [6, 6.07) is 9.86. The van der Waals surface area contributed by atoms with Crippen molar-refractivity contribution in [3.8, 4) is 0 Å². The summed E-state index contributed by atoms with van der Waals surface area (Å²) in [6.07, 6.45) is -0.377. The number of carbonyl (C=O) groups is 1. The third-order valence-electron chi connectivity index (χ3n) is 2.51. The van der Waals surface area contributed by atoms with Gasteiger partial charge in [0.1, 0.15) is 0 Å². The van der Waals surface area contributed by atoms with Gasteiger partial charge in [-0.25, -0.2) is 10.2 Å². The average molecular weight is 235 g/mol. The number of amides is 1. The molecule has 92 valence electrons. The lowest BCUT2D eigenvalue weighted by atomic mass is 10.2. The van der Waals surface area contributed by atoms with Crippen molar-refractivity contribution in [2.75, 3.05) is 13.2 Å². The molecule has 0 radical (unpaired) electrons. The molecule has 0 saturated carbocycles. The third kappa shape index (κ3) is 2.40. The first kappa shape index (κ1) is 11.9. The van der Waals surface area contributed by atoms with Crippen molar-refractivity contribution in [2.45, 2.75) is 20.0 Å². The fourth-order valence-electron chi connectivity index (χ4n) is 1.78. The van der Waals surface area contributed by atoms with Gasteiger partial charge < -0.3 is 4.74 Å². The van der Waals surface area contributed by atoms with Crippen LogP contribution in [0.4, 0.5) is 4.79 Å². The van der Waals surface area contributed by atoms with E-state index in [2.05, 4.69) is 5.43 Å². The SMILES string of the molecule is CCNN1[C@H](c2ccccc2)N1C(=O)OCC. The van der Waals surface area contributed by atoms with Gasteiger partial charge in [-0.3, -0.25) is 0 Å². The zero-order valence-electron chi connectivity index (χ0n) is 10.1. The number of hydrogen-bond donors (Lipinski definition) is 1. The summed E-state index contributed by atoms with van der Waals surface area (Å²) in [5, 5.41) is 3.36. The maximum Gasteiger partial charge on any atom is 0.427 e. The minimum absolute atomic E-state index is 0.0600. The molecule has 1 saturated heterocycles. The van der Waals surface area contributed by atoms with Crippen LogP contribution in [0.15, 0.2) is 30.3 Å². The predicted octanol–water partition coefficient (Wildman–Crippen LogP) is 1.90. The van der Waals surface area contributed by atoms with E-state index in [1.807, 2.05) is 37.3 Å². The quantitative estimate of drug-likeness (QED) is 0.809. The lowest BCUT2D eigenvalue weighted by molar-refractivity contribution is 0.110. The third-order valence-corrected chi connectivity index (χ3v) is 2.51. The van der Waals surface area contributed by atoms with Crippen molar-refractivity contribution in [1.82, 2.24) is 15.6 Å². The summed E-state index contributed by atoms with van der Waals surface area (Å²) in [6.45, 7) is 4.94. The van der Waals surface area contributed by atoms with E-state index in [1.54, 1.807) is 17.1 Å². The highest BCUT2D eigenvalue weighted by molar-refractivity contribution is 5.70. The minimum atomic E-state index is -0.317. The molecule has 1 aromatic rings. The van der Waals surface area contributed by atoms with Gasteiger partial charge in [0.15, 0.2) is 6.17 Å². The Bertz CT molecular complexity index is 383. The number of rotatable bonds is 4. The van der Waals surface area contributed by atoms with Gasteiger partial charge in [-0.15, -0.1) is 5.12 Å². The number of nitrogens with one attached hydrogen (secondary N) is 1. The second kappa shape index (κ2) is 5.16. The van der Waals surface area contributed by atoms with E-state index in [0.29, 0.717) is 6.61 Å². The summed E-state index contributed by atoms with van der Waals surface area (Å²) in [4.78, 5) is 11.7. The van der Waals surface area contributed by atoms with Crippen LogP contribution >= 0.6 is 0 Å². The van der Waals surface area contributed by atoms with Crippen LogP contribution < -0.4 is 5.43 Å². The number of ether oxygens (including phenoxy) is 1. The molecule has 1 aromatic carbocycles. The molecule has 5 heteroatoms. The van der Waals surface area contributed by atoms with Gasteiger partial charge in [-0.1, -0.05) is 37.3 Å². The monoisotopic (exact) mass is 235 g/mol. The van der Waals surface area contributed by atoms with Crippen LogP contribution in [0.3, 0.4) is 0 Å². The van der Waals surface area contributed by atoms with Gasteiger partial charge in [0.05, 0.1) is 6.61 Å². The molecule has 1 heterocycles. The minimum Gasteiger partial charge on any atom is -0.449 e. The van der Waals surface area contributed by atoms with E-state index in [1.165, 1.54) is 0 Å². The molecule has 0 bridgehead atoms. The summed E-state index contributed by atoms with van der Waals surface area (Å²) in [7, 11) is 0. The fraction of sp³-hybridized carbons (Fsp3) is 0.417. The van der Waals surface area contributed by atoms with Crippen LogP contribution in [-0.4, -0.2) is 29.4 Å². The van der Waals surface area contributed by atoms with E-state index in [9.17, 15) is 4.79 Å². The number of carbonyl (C=O) groups excluding carboxylic acids is 1. The summed E-state index contributed by atoms with van der Waals surface area (Å²) >= 11 is 0. The molecule has 1 N–H and O–H groups in total. The number of hydrogen-bond acceptors (Lipinski definition) is 4. The van der Waals surface area contributed by atoms with Gasteiger partial charge in [-0.05, 0) is 12.5 Å². The fourth-order valence-corrected chi connectivity index (χ4v) is 1.78. The summed E-state index contributed by atoms with van der Waals surface area (Å²) in [5.41, 5.74) is 4.19. The highest BCUT2D eigenvalue weighted by Gasteiger charge is 2.51. The average Bonchev–Trinajstić information content (AvgIpc) is 3.05. The highest BCUT2D eigenvalue weighted by atomic mass is 16.6. The van der Waals surface area contributed by atoms with Crippen molar-refractivity contribution in [2.24, 2.45) is 0 Å². The first-order valence-corrected chi connectivity index (χ1v) is 5.83. The Morgan fingerprint density at radius 3 is 2.65 bits per heavy atom. The zero-order chi connectivity index (χ0) is 12.3. The van der Waals surface area contributed by atoms with Crippen LogP contribution in [0.25, 0.3) is 0 Å². The summed E-state index contributed by atoms with van der Waals surface area (Å²) < 4.78 is 5.00. The van der Waals surface area contributed by atoms with Crippen LogP contribution in [0.2, 0.25) is 0 Å². The number of hydrazine groups is 2. The smallest absolute Gasteiger partial charge is 0.427 e. The van der Waals surface area contributed by atoms with Gasteiger partial charge >= 0.3 is 6.09 Å². The van der Waals surface area contributed by atoms with E-state index >= 15 is 0 Å².